The number of hydrogen-bond acceptors (Lipinski definition) is 6. The van der Waals surface area contributed by atoms with Gasteiger partial charge in [0.15, 0.2) is 5.65 Å². The zero-order valence-electron chi connectivity index (χ0n) is 14.1. The first kappa shape index (κ1) is 15.3. The Hall–Kier alpha value is -4.00. The van der Waals surface area contributed by atoms with Crippen LogP contribution in [0.4, 0.5) is 17.6 Å². The molecule has 5 rings (SSSR count). The highest BCUT2D eigenvalue weighted by molar-refractivity contribution is 5.93. The van der Waals surface area contributed by atoms with E-state index < -0.39 is 0 Å². The minimum absolute atomic E-state index is 0.415. The van der Waals surface area contributed by atoms with Crippen molar-refractivity contribution in [3.05, 3.63) is 78.8 Å². The van der Waals surface area contributed by atoms with Crippen LogP contribution >= 0.6 is 0 Å². The van der Waals surface area contributed by atoms with Gasteiger partial charge in [-0.2, -0.15) is 0 Å². The maximum absolute atomic E-state index is 5.30. The van der Waals surface area contributed by atoms with E-state index >= 15 is 0 Å². The Morgan fingerprint density at radius 1 is 0.926 bits per heavy atom. The molecule has 0 aliphatic carbocycles. The second-order valence-electron chi connectivity index (χ2n) is 5.88. The number of anilines is 2. The van der Waals surface area contributed by atoms with E-state index in [1.54, 1.807) is 22.9 Å². The zero-order valence-corrected chi connectivity index (χ0v) is 14.1. The molecule has 0 spiro atoms. The summed E-state index contributed by atoms with van der Waals surface area (Å²) >= 11 is 0. The quantitative estimate of drug-likeness (QED) is 0.485. The predicted molar refractivity (Wildman–Crippen MR) is 104 cm³/mol. The number of nitrogens with one attached hydrogen (secondary N) is 1. The Morgan fingerprint density at radius 3 is 2.63 bits per heavy atom. The lowest BCUT2D eigenvalue weighted by atomic mass is 10.2. The van der Waals surface area contributed by atoms with E-state index in [1.165, 1.54) is 0 Å². The summed E-state index contributed by atoms with van der Waals surface area (Å²) in [4.78, 5) is 9.19. The van der Waals surface area contributed by atoms with Crippen LogP contribution in [0.25, 0.3) is 16.6 Å². The number of rotatable bonds is 4. The lowest BCUT2D eigenvalue weighted by molar-refractivity contribution is 0.560. The van der Waals surface area contributed by atoms with Gasteiger partial charge in [-0.25, -0.2) is 14.4 Å². The normalized spacial score (nSPS) is 11.6. The van der Waals surface area contributed by atoms with E-state index in [1.807, 2.05) is 60.7 Å². The van der Waals surface area contributed by atoms with Crippen molar-refractivity contribution < 1.29 is 4.42 Å². The molecule has 7 nitrogen and oxygen atoms in total. The minimum atomic E-state index is 0.415. The van der Waals surface area contributed by atoms with Gasteiger partial charge in [0.05, 0.1) is 18.0 Å². The number of para-hydroxylation sites is 2. The molecule has 3 heterocycles. The predicted octanol–water partition coefficient (Wildman–Crippen LogP) is 4.36. The number of benzene rings is 2. The maximum Gasteiger partial charge on any atom is 0.258 e. The van der Waals surface area contributed by atoms with Gasteiger partial charge >= 0.3 is 0 Å². The average Bonchev–Trinajstić information content (AvgIpc) is 3.37. The van der Waals surface area contributed by atoms with Gasteiger partial charge in [0.1, 0.15) is 5.76 Å². The molecule has 130 valence electrons. The highest BCUT2D eigenvalue weighted by Gasteiger charge is 2.14. The van der Waals surface area contributed by atoms with Crippen molar-refractivity contribution in [3.8, 4) is 0 Å². The topological polar surface area (TPSA) is 80.6 Å². The molecule has 0 amide bonds. The standard InChI is InChI=1S/C20H14N6O/c1-2-7-14(8-3-1)22-20-23-17-11-5-4-10-16(17)18-24-25-19(26(18)20)21-13-15-9-6-12-27-15/h1-13H,(H,22,23)/b21-13+. The minimum Gasteiger partial charge on any atom is -0.463 e. The Labute approximate surface area is 154 Å². The molecular formula is C20H14N6O. The Morgan fingerprint density at radius 2 is 1.78 bits per heavy atom. The molecule has 0 atom stereocenters. The summed E-state index contributed by atoms with van der Waals surface area (Å²) in [5.74, 6) is 1.64. The first-order valence-electron chi connectivity index (χ1n) is 8.42. The SMILES string of the molecule is C(=N\c1nnc2c3ccccc3nc(Nc3ccccc3)n12)/c1ccco1. The molecule has 0 saturated heterocycles. The lowest BCUT2D eigenvalue weighted by Gasteiger charge is -2.10. The fourth-order valence-electron chi connectivity index (χ4n) is 2.87. The summed E-state index contributed by atoms with van der Waals surface area (Å²) in [5.41, 5.74) is 2.43. The molecule has 0 aliphatic rings. The first-order chi connectivity index (χ1) is 13.4. The van der Waals surface area contributed by atoms with E-state index in [0.29, 0.717) is 23.3 Å². The maximum atomic E-state index is 5.30. The third-order valence-corrected chi connectivity index (χ3v) is 4.11. The molecule has 0 radical (unpaired) electrons. The monoisotopic (exact) mass is 354 g/mol. The fourth-order valence-corrected chi connectivity index (χ4v) is 2.87. The van der Waals surface area contributed by atoms with Crippen molar-refractivity contribution in [1.82, 2.24) is 19.6 Å². The second-order valence-corrected chi connectivity index (χ2v) is 5.88. The van der Waals surface area contributed by atoms with Crippen LogP contribution in [-0.2, 0) is 0 Å². The summed E-state index contributed by atoms with van der Waals surface area (Å²) in [5, 5.41) is 12.8. The average molecular weight is 354 g/mol. The third kappa shape index (κ3) is 2.81. The number of nitrogens with zero attached hydrogens (tertiary/aromatic N) is 5. The van der Waals surface area contributed by atoms with Gasteiger partial charge in [-0.15, -0.1) is 10.2 Å². The molecular weight excluding hydrogens is 340 g/mol. The molecule has 0 unspecified atom stereocenters. The summed E-state index contributed by atoms with van der Waals surface area (Å²) in [6.07, 6.45) is 3.21. The smallest absolute Gasteiger partial charge is 0.258 e. The number of aromatic nitrogens is 4. The fraction of sp³-hybridized carbons (Fsp3) is 0. The summed E-state index contributed by atoms with van der Waals surface area (Å²) in [7, 11) is 0. The molecule has 27 heavy (non-hydrogen) atoms. The lowest BCUT2D eigenvalue weighted by Crippen LogP contribution is -2.02. The molecule has 0 fully saturated rings. The van der Waals surface area contributed by atoms with Crippen molar-refractivity contribution in [2.75, 3.05) is 5.32 Å². The van der Waals surface area contributed by atoms with Crippen LogP contribution in [0.5, 0.6) is 0 Å². The summed E-state index contributed by atoms with van der Waals surface area (Å²) in [6, 6.07) is 21.3. The van der Waals surface area contributed by atoms with Crippen LogP contribution in [0.15, 0.2) is 82.4 Å². The van der Waals surface area contributed by atoms with Crippen LogP contribution in [-0.4, -0.2) is 25.8 Å². The highest BCUT2D eigenvalue weighted by Crippen LogP contribution is 2.26. The second kappa shape index (κ2) is 6.38. The molecule has 3 aromatic heterocycles. The van der Waals surface area contributed by atoms with Crippen molar-refractivity contribution in [2.45, 2.75) is 0 Å². The van der Waals surface area contributed by atoms with Crippen LogP contribution in [0.3, 0.4) is 0 Å². The van der Waals surface area contributed by atoms with E-state index in [2.05, 4.69) is 20.5 Å². The molecule has 5 aromatic rings. The van der Waals surface area contributed by atoms with Crippen molar-refractivity contribution in [2.24, 2.45) is 4.99 Å². The van der Waals surface area contributed by atoms with E-state index in [0.717, 1.165) is 16.6 Å². The van der Waals surface area contributed by atoms with Crippen LogP contribution in [0.2, 0.25) is 0 Å². The Balaban J connectivity index is 1.71. The summed E-state index contributed by atoms with van der Waals surface area (Å²) in [6.45, 7) is 0. The van der Waals surface area contributed by atoms with Crippen LogP contribution in [0, 0.1) is 0 Å². The Kier molecular flexibility index (Phi) is 3.61. The molecule has 0 saturated carbocycles. The number of aliphatic imine (C=N–C) groups is 1. The van der Waals surface area contributed by atoms with Crippen molar-refractivity contribution in [1.29, 1.82) is 0 Å². The van der Waals surface area contributed by atoms with Crippen molar-refractivity contribution in [3.63, 3.8) is 0 Å². The Bertz CT molecular complexity index is 1240. The zero-order chi connectivity index (χ0) is 18.1. The van der Waals surface area contributed by atoms with Gasteiger partial charge in [-0.1, -0.05) is 30.3 Å². The van der Waals surface area contributed by atoms with Gasteiger partial charge in [0, 0.05) is 11.1 Å². The molecule has 1 N–H and O–H groups in total. The van der Waals surface area contributed by atoms with Gasteiger partial charge in [-0.05, 0) is 36.4 Å². The summed E-state index contributed by atoms with van der Waals surface area (Å²) < 4.78 is 7.10. The molecule has 7 heteroatoms. The number of furan rings is 1. The molecule has 0 aliphatic heterocycles. The van der Waals surface area contributed by atoms with Gasteiger partial charge in [0.2, 0.25) is 5.95 Å². The molecule has 2 aromatic carbocycles. The first-order valence-corrected chi connectivity index (χ1v) is 8.42. The van der Waals surface area contributed by atoms with Gasteiger partial charge in [0.25, 0.3) is 5.95 Å². The van der Waals surface area contributed by atoms with Crippen LogP contribution in [0.1, 0.15) is 5.76 Å². The van der Waals surface area contributed by atoms with Gasteiger partial charge < -0.3 is 9.73 Å². The highest BCUT2D eigenvalue weighted by atomic mass is 16.3. The van der Waals surface area contributed by atoms with E-state index in [-0.39, 0.29) is 0 Å². The van der Waals surface area contributed by atoms with Crippen molar-refractivity contribution >= 4 is 40.3 Å². The molecule has 0 bridgehead atoms. The van der Waals surface area contributed by atoms with E-state index in [4.69, 9.17) is 9.40 Å². The van der Waals surface area contributed by atoms with E-state index in [9.17, 15) is 0 Å². The third-order valence-electron chi connectivity index (χ3n) is 4.11. The largest absolute Gasteiger partial charge is 0.463 e. The number of fused-ring (bicyclic) bond motifs is 3. The van der Waals surface area contributed by atoms with Crippen LogP contribution < -0.4 is 5.32 Å². The van der Waals surface area contributed by atoms with Gasteiger partial charge in [-0.3, -0.25) is 0 Å². The number of hydrogen-bond donors (Lipinski definition) is 1.